The molecule has 15 atom stereocenters. The summed E-state index contributed by atoms with van der Waals surface area (Å²) in [6.07, 6.45) is -4.81. The topological polar surface area (TPSA) is 682 Å². The van der Waals surface area contributed by atoms with Crippen molar-refractivity contribution in [2.75, 3.05) is 33.8 Å². The van der Waals surface area contributed by atoms with E-state index < -0.39 is 254 Å². The van der Waals surface area contributed by atoms with Crippen molar-refractivity contribution in [1.29, 1.82) is 0 Å². The highest BCUT2D eigenvalue weighted by atomic mass is 16.5. The maximum atomic E-state index is 14.9. The number of fused-ring (bicyclic) bond motifs is 1. The lowest BCUT2D eigenvalue weighted by atomic mass is 9.94. The highest BCUT2D eigenvalue weighted by molar-refractivity contribution is 6.02. The molecule has 0 bridgehead atoms. The molecule has 43 nitrogen and oxygen atoms in total. The maximum absolute atomic E-state index is 14.9. The standard InChI is InChI=1S/C72H109N17O26/c1-10-35(4)57-72(113)115-38(7)58(87-67(107)47(30-55(99)100)84-64(104)45(28-49(75)91)83-63(103)43(26-39-31-76-41-21-16-15-20-40(39)41)79-50(92)23-14-12-11-13-19-34(2)3)70(110)89(8)33-52(94)78-37(6)61(101)82-46(29-54(97)98)65(105)81-42(22-17-18-24-73)62(102)88-59(60(114-9)71(111)112)68(108)77-32-51(93)80-44(27-48(74)90)66(106)85-56(69(109)86-57)36(5)25-53(95)96/h15-16,20-21,31,34-38,42-47,56-60,76H,10-14,17-19,22-30,32-33,73H2,1-9H3,(H2,74,90)(H2,75,91)(H,77,108)(H,78,94)(H,79,92)(H,80,93)(H,81,105)(H,82,101)(H,83,103)(H,84,104)(H,85,106)(H,86,109)(H,87,107)(H,88,102)(H,95,96)(H,97,98)(H,99,100)(H,111,112). The summed E-state index contributed by atoms with van der Waals surface area (Å²) in [6, 6.07) is -15.1. The summed E-state index contributed by atoms with van der Waals surface area (Å²) < 4.78 is 10.8. The molecule has 638 valence electrons. The third kappa shape index (κ3) is 33.4. The number of esters is 1. The van der Waals surface area contributed by atoms with E-state index >= 15 is 0 Å². The van der Waals surface area contributed by atoms with Crippen LogP contribution in [0.25, 0.3) is 10.9 Å². The Kier molecular flexibility index (Phi) is 40.8. The first-order valence-electron chi connectivity index (χ1n) is 37.3. The summed E-state index contributed by atoms with van der Waals surface area (Å²) in [4.78, 5) is 278. The van der Waals surface area contributed by atoms with Gasteiger partial charge in [0.1, 0.15) is 72.6 Å². The number of carbonyl (C=O) groups excluding carboxylic acids is 16. The van der Waals surface area contributed by atoms with Crippen LogP contribution in [0.2, 0.25) is 0 Å². The number of hydrogen-bond donors (Lipinski definition) is 20. The van der Waals surface area contributed by atoms with Crippen molar-refractivity contribution >= 4 is 129 Å². The van der Waals surface area contributed by atoms with E-state index in [1.165, 1.54) is 13.8 Å². The van der Waals surface area contributed by atoms with Gasteiger partial charge in [0.15, 0.2) is 6.10 Å². The van der Waals surface area contributed by atoms with Crippen LogP contribution in [-0.2, 0) is 112 Å². The summed E-state index contributed by atoms with van der Waals surface area (Å²) in [6.45, 7) is 7.90. The van der Waals surface area contributed by atoms with E-state index in [0.717, 1.165) is 54.2 Å². The van der Waals surface area contributed by atoms with Crippen molar-refractivity contribution in [2.24, 2.45) is 35.0 Å². The molecule has 1 saturated heterocycles. The van der Waals surface area contributed by atoms with Crippen molar-refractivity contribution in [1.82, 2.24) is 73.7 Å². The van der Waals surface area contributed by atoms with E-state index in [1.807, 2.05) is 5.32 Å². The van der Waals surface area contributed by atoms with Crippen LogP contribution in [0.1, 0.15) is 150 Å². The summed E-state index contributed by atoms with van der Waals surface area (Å²) in [5.74, 6) is -29.8. The minimum atomic E-state index is -2.32. The second-order valence-corrected chi connectivity index (χ2v) is 28.5. The molecule has 1 aromatic heterocycles. The fraction of sp³-hybridized carbons (Fsp3) is 0.611. The number of carboxylic acids is 4. The predicted molar refractivity (Wildman–Crippen MR) is 402 cm³/mol. The number of aliphatic carboxylic acids is 4. The molecule has 23 N–H and O–H groups in total. The second-order valence-electron chi connectivity index (χ2n) is 28.5. The van der Waals surface area contributed by atoms with Crippen LogP contribution in [0.3, 0.4) is 0 Å². The predicted octanol–water partition coefficient (Wildman–Crippen LogP) is -5.33. The van der Waals surface area contributed by atoms with Gasteiger partial charge in [-0.3, -0.25) is 86.3 Å². The maximum Gasteiger partial charge on any atom is 0.335 e. The number of nitrogens with zero attached hydrogens (tertiary/aromatic N) is 1. The number of amides is 15. The van der Waals surface area contributed by atoms with Crippen LogP contribution in [0.4, 0.5) is 0 Å². The molecule has 0 spiro atoms. The Morgan fingerprint density at radius 2 is 1.18 bits per heavy atom. The number of carbonyl (C=O) groups is 20. The van der Waals surface area contributed by atoms with Gasteiger partial charge < -0.3 is 121 Å². The van der Waals surface area contributed by atoms with E-state index in [1.54, 1.807) is 30.5 Å². The van der Waals surface area contributed by atoms with Gasteiger partial charge in [-0.05, 0) is 75.5 Å². The largest absolute Gasteiger partial charge is 0.481 e. The van der Waals surface area contributed by atoms with Gasteiger partial charge in [0.2, 0.25) is 88.6 Å². The average molecular weight is 1630 g/mol. The molecule has 1 aliphatic heterocycles. The number of H-pyrrole nitrogens is 1. The number of ether oxygens (including phenoxy) is 2. The fourth-order valence-corrected chi connectivity index (χ4v) is 12.0. The van der Waals surface area contributed by atoms with Gasteiger partial charge in [-0.15, -0.1) is 0 Å². The second kappa shape index (κ2) is 48.2. The Hall–Kier alpha value is -11.9. The number of para-hydroxylation sites is 1. The number of cyclic esters (lactones) is 1. The summed E-state index contributed by atoms with van der Waals surface area (Å²) in [7, 11) is 1.73. The number of nitrogens with one attached hydrogen (secondary N) is 13. The third-order valence-corrected chi connectivity index (χ3v) is 18.5. The van der Waals surface area contributed by atoms with Crippen LogP contribution in [0.15, 0.2) is 30.5 Å². The molecule has 0 saturated carbocycles. The molecular weight excluding hydrogens is 1520 g/mol. The van der Waals surface area contributed by atoms with Crippen molar-refractivity contribution in [3.63, 3.8) is 0 Å². The third-order valence-electron chi connectivity index (χ3n) is 18.5. The Morgan fingerprint density at radius 3 is 1.77 bits per heavy atom. The molecule has 43 heteroatoms. The highest BCUT2D eigenvalue weighted by Crippen LogP contribution is 2.22. The minimum Gasteiger partial charge on any atom is -0.481 e. The molecular formula is C72H109N17O26. The molecule has 1 aliphatic rings. The lowest BCUT2D eigenvalue weighted by Crippen LogP contribution is -2.62. The number of unbranched alkanes of at least 4 members (excludes halogenated alkanes) is 4. The molecule has 15 amide bonds. The van der Waals surface area contributed by atoms with Crippen molar-refractivity contribution < 1.29 is 126 Å². The van der Waals surface area contributed by atoms with Crippen LogP contribution >= 0.6 is 0 Å². The van der Waals surface area contributed by atoms with Crippen LogP contribution in [0.5, 0.6) is 0 Å². The van der Waals surface area contributed by atoms with Gasteiger partial charge in [-0.2, -0.15) is 0 Å². The minimum absolute atomic E-state index is 0.00819. The number of hydrogen-bond acceptors (Lipinski definition) is 23. The van der Waals surface area contributed by atoms with Crippen molar-refractivity contribution in [2.45, 2.75) is 230 Å². The zero-order valence-electron chi connectivity index (χ0n) is 65.5. The number of benzene rings is 1. The van der Waals surface area contributed by atoms with E-state index in [2.05, 4.69) is 77.3 Å². The number of aromatic amines is 1. The monoisotopic (exact) mass is 1630 g/mol. The number of primary amides is 2. The Bertz CT molecular complexity index is 3830. The lowest BCUT2D eigenvalue weighted by Gasteiger charge is -2.32. The summed E-state index contributed by atoms with van der Waals surface area (Å²) in [5, 5.41) is 67.5. The van der Waals surface area contributed by atoms with Crippen LogP contribution in [0, 0.1) is 17.8 Å². The van der Waals surface area contributed by atoms with E-state index in [4.69, 9.17) is 26.7 Å². The van der Waals surface area contributed by atoms with Gasteiger partial charge in [-0.25, -0.2) is 9.59 Å². The van der Waals surface area contributed by atoms with E-state index in [-0.39, 0.29) is 45.1 Å². The van der Waals surface area contributed by atoms with E-state index in [0.29, 0.717) is 40.1 Å². The normalized spacial score (nSPS) is 21.9. The number of aromatic nitrogens is 1. The Labute approximate surface area is 661 Å². The van der Waals surface area contributed by atoms with Gasteiger partial charge in [0.05, 0.1) is 45.2 Å². The van der Waals surface area contributed by atoms with Crippen LogP contribution in [-0.4, -0.2) is 261 Å². The number of likely N-dealkylation sites (N-methyl/N-ethyl adjacent to an activating group) is 1. The quantitative estimate of drug-likeness (QED) is 0.0224. The summed E-state index contributed by atoms with van der Waals surface area (Å²) in [5.41, 5.74) is 17.9. The highest BCUT2D eigenvalue weighted by Gasteiger charge is 2.43. The van der Waals surface area contributed by atoms with Gasteiger partial charge in [0, 0.05) is 44.1 Å². The first kappa shape index (κ1) is 97.3. The molecule has 115 heavy (non-hydrogen) atoms. The number of nitrogens with two attached hydrogens (primary N) is 3. The number of carboxylic acid groups (broad SMARTS) is 4. The van der Waals surface area contributed by atoms with E-state index in [9.17, 15) is 116 Å². The zero-order chi connectivity index (χ0) is 86.7. The van der Waals surface area contributed by atoms with Crippen molar-refractivity contribution in [3.8, 4) is 0 Å². The van der Waals surface area contributed by atoms with Crippen LogP contribution < -0.4 is 81.0 Å². The summed E-state index contributed by atoms with van der Waals surface area (Å²) >= 11 is 0. The number of rotatable bonds is 36. The fourth-order valence-electron chi connectivity index (χ4n) is 12.0. The van der Waals surface area contributed by atoms with Crippen molar-refractivity contribution in [3.05, 3.63) is 36.0 Å². The first-order valence-corrected chi connectivity index (χ1v) is 37.3. The smallest absolute Gasteiger partial charge is 0.335 e. The van der Waals surface area contributed by atoms with Gasteiger partial charge in [0.25, 0.3) is 0 Å². The molecule has 3 rings (SSSR count). The molecule has 0 aliphatic carbocycles. The molecule has 2 aromatic rings. The Morgan fingerprint density at radius 1 is 0.600 bits per heavy atom. The van der Waals surface area contributed by atoms with Gasteiger partial charge in [-0.1, -0.05) is 84.9 Å². The molecule has 1 fully saturated rings. The SMILES string of the molecule is CCC(C)C1NC(=O)C(C(C)CC(=O)O)NC(=O)C(CC(N)=O)NC(=O)CNC(=O)C(C(OC)C(=O)O)NC(=O)C(CCCCN)NC(=O)C(CC(=O)O)NC(=O)C(C)NC(=O)CN(C)C(=O)C(NC(=O)C(CC(=O)O)NC(=O)C(CC(N)=O)NC(=O)C(Cc2c[nH]c3ccccc23)NC(=O)CCCCCCC(C)C)C(C)OC1=O. The first-order chi connectivity index (χ1) is 54.0. The number of methoxy groups -OCH3 is 1. The average Bonchev–Trinajstić information content (AvgIpc) is 1.75. The molecule has 2 heterocycles. The van der Waals surface area contributed by atoms with Gasteiger partial charge >= 0.3 is 29.8 Å². The Balaban J connectivity index is 2.27. The molecule has 15 unspecified atom stereocenters. The molecule has 0 radical (unpaired) electrons. The lowest BCUT2D eigenvalue weighted by molar-refractivity contribution is -0.159. The zero-order valence-corrected chi connectivity index (χ0v) is 65.5. The molecule has 1 aromatic carbocycles.